The predicted molar refractivity (Wildman–Crippen MR) is 95.2 cm³/mol. The fourth-order valence-electron chi connectivity index (χ4n) is 3.74. The maximum atomic E-state index is 10.5. The summed E-state index contributed by atoms with van der Waals surface area (Å²) in [5.41, 5.74) is 0. The first-order chi connectivity index (χ1) is 15.1. The van der Waals surface area contributed by atoms with E-state index in [1.165, 1.54) is 0 Å². The first-order valence-corrected chi connectivity index (χ1v) is 10.00. The van der Waals surface area contributed by atoms with E-state index in [-0.39, 0.29) is 0 Å². The second kappa shape index (κ2) is 10.8. The zero-order valence-corrected chi connectivity index (χ0v) is 16.7. The van der Waals surface area contributed by atoms with Gasteiger partial charge in [-0.3, -0.25) is 0 Å². The molecule has 15 heteroatoms. The molecule has 0 amide bonds. The van der Waals surface area contributed by atoms with Crippen molar-refractivity contribution in [3.63, 3.8) is 0 Å². The van der Waals surface area contributed by atoms with Gasteiger partial charge < -0.3 is 74.7 Å². The van der Waals surface area contributed by atoms with Crippen LogP contribution in [0.4, 0.5) is 0 Å². The average molecular weight is 474 g/mol. The van der Waals surface area contributed by atoms with Crippen molar-refractivity contribution in [1.29, 1.82) is 0 Å². The Kier molecular flexibility index (Phi) is 8.75. The normalized spacial score (nSPS) is 52.7. The predicted octanol–water partition coefficient (Wildman–Crippen LogP) is -6.93. The third-order valence-electron chi connectivity index (χ3n) is 5.70. The molecule has 188 valence electrons. The first-order valence-electron chi connectivity index (χ1n) is 10.00. The van der Waals surface area contributed by atoms with E-state index in [1.54, 1.807) is 0 Å². The van der Waals surface area contributed by atoms with E-state index in [9.17, 15) is 46.0 Å². The molecule has 3 rings (SSSR count). The highest BCUT2D eigenvalue weighted by Gasteiger charge is 2.52. The van der Waals surface area contributed by atoms with Crippen LogP contribution in [-0.4, -0.2) is 157 Å². The van der Waals surface area contributed by atoms with Crippen LogP contribution in [0, 0.1) is 0 Å². The molecule has 3 saturated heterocycles. The zero-order valence-electron chi connectivity index (χ0n) is 16.7. The second-order valence-corrected chi connectivity index (χ2v) is 7.89. The Morgan fingerprint density at radius 3 is 1.72 bits per heavy atom. The highest BCUT2D eigenvalue weighted by Crippen LogP contribution is 2.31. The van der Waals surface area contributed by atoms with Crippen LogP contribution in [0.3, 0.4) is 0 Å². The van der Waals surface area contributed by atoms with Gasteiger partial charge in [0.25, 0.3) is 0 Å². The fraction of sp³-hybridized carbons (Fsp3) is 1.00. The van der Waals surface area contributed by atoms with E-state index in [0.29, 0.717) is 0 Å². The van der Waals surface area contributed by atoms with E-state index < -0.39 is 106 Å². The van der Waals surface area contributed by atoms with Crippen LogP contribution in [0.2, 0.25) is 0 Å². The van der Waals surface area contributed by atoms with Crippen LogP contribution < -0.4 is 0 Å². The molecule has 3 aliphatic heterocycles. The number of aliphatic hydroxyl groups is 10. The minimum absolute atomic E-state index is 0.428. The highest BCUT2D eigenvalue weighted by atomic mass is 16.8. The van der Waals surface area contributed by atoms with Gasteiger partial charge in [0.15, 0.2) is 18.9 Å². The largest absolute Gasteiger partial charge is 0.394 e. The van der Waals surface area contributed by atoms with E-state index in [0.717, 1.165) is 0 Å². The molecule has 0 unspecified atom stereocenters. The molecule has 0 saturated carbocycles. The van der Waals surface area contributed by atoms with Crippen LogP contribution in [0.15, 0.2) is 0 Å². The fourth-order valence-corrected chi connectivity index (χ4v) is 3.74. The number of ether oxygens (including phenoxy) is 5. The number of aliphatic hydroxyl groups excluding tert-OH is 10. The van der Waals surface area contributed by atoms with E-state index >= 15 is 0 Å². The molecule has 3 aliphatic rings. The van der Waals surface area contributed by atoms with Crippen LogP contribution >= 0.6 is 0 Å². The van der Waals surface area contributed by atoms with Gasteiger partial charge in [0, 0.05) is 0 Å². The van der Waals surface area contributed by atoms with E-state index in [4.69, 9.17) is 28.8 Å². The lowest BCUT2D eigenvalue weighted by Gasteiger charge is -2.47. The molecule has 0 aromatic rings. The Morgan fingerprint density at radius 2 is 1.12 bits per heavy atom. The van der Waals surface area contributed by atoms with Crippen molar-refractivity contribution in [2.75, 3.05) is 19.8 Å². The van der Waals surface area contributed by atoms with Gasteiger partial charge in [0.1, 0.15) is 67.1 Å². The molecule has 14 atom stereocenters. The van der Waals surface area contributed by atoms with Crippen molar-refractivity contribution in [3.05, 3.63) is 0 Å². The van der Waals surface area contributed by atoms with Gasteiger partial charge in [0.2, 0.25) is 0 Å². The summed E-state index contributed by atoms with van der Waals surface area (Å²) in [6.45, 7) is -1.90. The Bertz CT molecular complexity index is 596. The lowest BCUT2D eigenvalue weighted by atomic mass is 9.97. The van der Waals surface area contributed by atoms with E-state index in [2.05, 4.69) is 0 Å². The second-order valence-electron chi connectivity index (χ2n) is 7.89. The molecule has 0 aliphatic carbocycles. The molecule has 0 aromatic carbocycles. The summed E-state index contributed by atoms with van der Waals surface area (Å²) in [6.07, 6.45) is -23.0. The SMILES string of the molecule is OC[C@H]1O[C@H](O[C@@H]2[C@@H](O)[C@H](O)[C@@H](CO)O[C@@H]2O)[C@@H](O[C@@H]2OC[C@@H](O)[C@@H](O)[C@@H]2O)[C@@H](O)[C@@H]1O. The van der Waals surface area contributed by atoms with Gasteiger partial charge in [0.05, 0.1) is 19.8 Å². The van der Waals surface area contributed by atoms with Gasteiger partial charge in [-0.15, -0.1) is 0 Å². The minimum atomic E-state index is -1.86. The summed E-state index contributed by atoms with van der Waals surface area (Å²) in [7, 11) is 0. The third kappa shape index (κ3) is 5.07. The van der Waals surface area contributed by atoms with Crippen LogP contribution in [0.25, 0.3) is 0 Å². The number of hydrogen-bond donors (Lipinski definition) is 10. The maximum Gasteiger partial charge on any atom is 0.187 e. The lowest BCUT2D eigenvalue weighted by Crippen LogP contribution is -2.66. The molecule has 10 N–H and O–H groups in total. The Morgan fingerprint density at radius 1 is 0.594 bits per heavy atom. The van der Waals surface area contributed by atoms with Crippen molar-refractivity contribution in [3.8, 4) is 0 Å². The summed E-state index contributed by atoms with van der Waals surface area (Å²) in [5.74, 6) is 0. The van der Waals surface area contributed by atoms with E-state index in [1.807, 2.05) is 0 Å². The maximum absolute atomic E-state index is 10.5. The average Bonchev–Trinajstić information content (AvgIpc) is 2.78. The summed E-state index contributed by atoms with van der Waals surface area (Å²) in [5, 5.41) is 99.2. The van der Waals surface area contributed by atoms with Crippen LogP contribution in [0.1, 0.15) is 0 Å². The standard InChI is InChI=1S/C17H30O15/c18-1-5-8(22)10(24)13(15(27)29-5)31-17-14(11(25)9(23)6(2-19)30-17)32-16-12(26)7(21)4(20)3-28-16/h4-27H,1-3H2/t4-,5-,6-,7-,8-,9-,10+,11+,12+,13-,14+,15+,16+,17-/m1/s1. The Balaban J connectivity index is 1.79. The zero-order chi connectivity index (χ0) is 23.7. The van der Waals surface area contributed by atoms with Crippen molar-refractivity contribution < 1.29 is 74.7 Å². The number of hydrogen-bond acceptors (Lipinski definition) is 15. The molecule has 3 heterocycles. The summed E-state index contributed by atoms with van der Waals surface area (Å²) in [4.78, 5) is 0. The van der Waals surface area contributed by atoms with Crippen LogP contribution in [0.5, 0.6) is 0 Å². The Hall–Kier alpha value is -0.600. The molecule has 0 spiro atoms. The smallest absolute Gasteiger partial charge is 0.187 e. The minimum Gasteiger partial charge on any atom is -0.394 e. The van der Waals surface area contributed by atoms with Gasteiger partial charge in [-0.25, -0.2) is 0 Å². The monoisotopic (exact) mass is 474 g/mol. The molecular formula is C17H30O15. The van der Waals surface area contributed by atoms with Crippen LogP contribution in [-0.2, 0) is 23.7 Å². The van der Waals surface area contributed by atoms with Crippen molar-refractivity contribution in [2.24, 2.45) is 0 Å². The lowest BCUT2D eigenvalue weighted by molar-refractivity contribution is -0.385. The van der Waals surface area contributed by atoms with Gasteiger partial charge in [-0.2, -0.15) is 0 Å². The quantitative estimate of drug-likeness (QED) is 0.172. The first kappa shape index (κ1) is 26.0. The van der Waals surface area contributed by atoms with Gasteiger partial charge in [-0.1, -0.05) is 0 Å². The van der Waals surface area contributed by atoms with Crippen molar-refractivity contribution in [2.45, 2.75) is 86.0 Å². The van der Waals surface area contributed by atoms with Crippen molar-refractivity contribution >= 4 is 0 Å². The molecule has 32 heavy (non-hydrogen) atoms. The molecular weight excluding hydrogens is 444 g/mol. The molecule has 3 fully saturated rings. The summed E-state index contributed by atoms with van der Waals surface area (Å²) >= 11 is 0. The summed E-state index contributed by atoms with van der Waals surface area (Å²) < 4.78 is 26.4. The molecule has 0 aromatic heterocycles. The Labute approximate surface area is 181 Å². The molecule has 15 nitrogen and oxygen atoms in total. The summed E-state index contributed by atoms with van der Waals surface area (Å²) in [6, 6.07) is 0. The van der Waals surface area contributed by atoms with Gasteiger partial charge >= 0.3 is 0 Å². The third-order valence-corrected chi connectivity index (χ3v) is 5.70. The van der Waals surface area contributed by atoms with Gasteiger partial charge in [-0.05, 0) is 0 Å². The number of rotatable bonds is 6. The molecule has 0 radical (unpaired) electrons. The molecule has 0 bridgehead atoms. The topological polar surface area (TPSA) is 248 Å². The van der Waals surface area contributed by atoms with Crippen molar-refractivity contribution in [1.82, 2.24) is 0 Å². The highest BCUT2D eigenvalue weighted by molar-refractivity contribution is 4.95.